The second kappa shape index (κ2) is 6.12. The molecule has 134 valence electrons. The zero-order valence-electron chi connectivity index (χ0n) is 14.0. The van der Waals surface area contributed by atoms with Gasteiger partial charge in [-0.15, -0.1) is 0 Å². The molecule has 2 aliphatic rings. The topological polar surface area (TPSA) is 107 Å². The number of carbonyl (C=O) groups is 1. The minimum Gasteiger partial charge on any atom is -0.481 e. The fraction of sp³-hybridized carbons (Fsp3) is 0.733. The standard InChI is InChI=1S/C15H24N4O4S/c1-3-12-16-9-13(17-12)24(22,23)19-8-6-15(14(20)21)5-4-7-18(2)11(15)10-19/h9,11H,3-8,10H2,1-2H3,(H,16,17)(H,20,21)/t11-,15+/m1/s1. The average Bonchev–Trinajstić information content (AvgIpc) is 3.04. The Balaban J connectivity index is 1.88. The van der Waals surface area contributed by atoms with Crippen molar-refractivity contribution in [3.05, 3.63) is 12.0 Å². The van der Waals surface area contributed by atoms with Crippen molar-refractivity contribution in [3.8, 4) is 0 Å². The second-order valence-electron chi connectivity index (χ2n) is 6.72. The number of likely N-dealkylation sites (tertiary alicyclic amines) is 1. The fourth-order valence-corrected chi connectivity index (χ4v) is 5.35. The molecule has 9 heteroatoms. The van der Waals surface area contributed by atoms with E-state index in [0.717, 1.165) is 13.0 Å². The van der Waals surface area contributed by atoms with Crippen molar-refractivity contribution in [2.45, 2.75) is 43.7 Å². The van der Waals surface area contributed by atoms with Crippen LogP contribution >= 0.6 is 0 Å². The van der Waals surface area contributed by atoms with Crippen LogP contribution in [0, 0.1) is 5.41 Å². The molecule has 1 aromatic heterocycles. The molecule has 2 saturated heterocycles. The summed E-state index contributed by atoms with van der Waals surface area (Å²) >= 11 is 0. The molecule has 24 heavy (non-hydrogen) atoms. The minimum atomic E-state index is -3.68. The van der Waals surface area contributed by atoms with Gasteiger partial charge in [0.15, 0.2) is 5.03 Å². The number of imidazole rings is 1. The van der Waals surface area contributed by atoms with E-state index in [1.165, 1.54) is 10.5 Å². The van der Waals surface area contributed by atoms with Crippen LogP contribution in [0.25, 0.3) is 0 Å². The van der Waals surface area contributed by atoms with Gasteiger partial charge in [-0.3, -0.25) is 4.79 Å². The van der Waals surface area contributed by atoms with Gasteiger partial charge in [-0.2, -0.15) is 4.31 Å². The van der Waals surface area contributed by atoms with Crippen LogP contribution in [0.15, 0.2) is 11.2 Å². The largest absolute Gasteiger partial charge is 0.481 e. The van der Waals surface area contributed by atoms with Crippen molar-refractivity contribution in [2.24, 2.45) is 5.41 Å². The number of nitrogens with one attached hydrogen (secondary N) is 1. The van der Waals surface area contributed by atoms with Crippen molar-refractivity contribution in [2.75, 3.05) is 26.7 Å². The highest BCUT2D eigenvalue weighted by Crippen LogP contribution is 2.43. The van der Waals surface area contributed by atoms with Crippen molar-refractivity contribution in [1.29, 1.82) is 0 Å². The fourth-order valence-electron chi connectivity index (χ4n) is 3.97. The van der Waals surface area contributed by atoms with Crippen molar-refractivity contribution < 1.29 is 18.3 Å². The summed E-state index contributed by atoms with van der Waals surface area (Å²) in [6, 6.07) is -0.305. The third-order valence-corrected chi connectivity index (χ3v) is 7.25. The molecule has 3 heterocycles. The van der Waals surface area contributed by atoms with Crippen molar-refractivity contribution in [3.63, 3.8) is 0 Å². The highest BCUT2D eigenvalue weighted by Gasteiger charge is 2.53. The first-order valence-corrected chi connectivity index (χ1v) is 9.73. The number of hydrogen-bond donors (Lipinski definition) is 2. The minimum absolute atomic E-state index is 0.0839. The first-order chi connectivity index (χ1) is 11.3. The molecular weight excluding hydrogens is 332 g/mol. The van der Waals surface area contributed by atoms with Crippen molar-refractivity contribution in [1.82, 2.24) is 19.2 Å². The molecule has 0 aromatic carbocycles. The Kier molecular flexibility index (Phi) is 4.43. The van der Waals surface area contributed by atoms with Gasteiger partial charge in [-0.1, -0.05) is 6.92 Å². The number of aromatic amines is 1. The van der Waals surface area contributed by atoms with Crippen molar-refractivity contribution >= 4 is 16.0 Å². The monoisotopic (exact) mass is 356 g/mol. The summed E-state index contributed by atoms with van der Waals surface area (Å²) in [4.78, 5) is 20.8. The van der Waals surface area contributed by atoms with E-state index in [1.54, 1.807) is 0 Å². The van der Waals surface area contributed by atoms with Crippen LogP contribution in [0.5, 0.6) is 0 Å². The highest BCUT2D eigenvalue weighted by atomic mass is 32.2. The first kappa shape index (κ1) is 17.4. The zero-order chi connectivity index (χ0) is 17.5. The van der Waals surface area contributed by atoms with E-state index in [-0.39, 0.29) is 24.2 Å². The Morgan fingerprint density at radius 1 is 1.46 bits per heavy atom. The number of aryl methyl sites for hydroxylation is 1. The summed E-state index contributed by atoms with van der Waals surface area (Å²) in [7, 11) is -1.80. The van der Waals surface area contributed by atoms with Gasteiger partial charge in [-0.05, 0) is 32.9 Å². The lowest BCUT2D eigenvalue weighted by molar-refractivity contribution is -0.160. The molecule has 3 rings (SSSR count). The SMILES string of the molecule is CCc1ncc(S(=O)(=O)N2CC[C@@]3(C(=O)O)CCCN(C)[C@@H]3C2)[nH]1. The van der Waals surface area contributed by atoms with E-state index >= 15 is 0 Å². The molecule has 0 spiro atoms. The molecule has 0 bridgehead atoms. The number of aromatic nitrogens is 2. The number of aliphatic carboxylic acids is 1. The molecule has 0 saturated carbocycles. The molecular formula is C15H24N4O4S. The number of piperidine rings is 2. The van der Waals surface area contributed by atoms with E-state index in [9.17, 15) is 18.3 Å². The number of hydrogen-bond acceptors (Lipinski definition) is 5. The molecule has 2 aliphatic heterocycles. The lowest BCUT2D eigenvalue weighted by Crippen LogP contribution is -2.63. The lowest BCUT2D eigenvalue weighted by Gasteiger charge is -2.51. The van der Waals surface area contributed by atoms with Gasteiger partial charge < -0.3 is 15.0 Å². The first-order valence-electron chi connectivity index (χ1n) is 8.29. The number of carboxylic acid groups (broad SMARTS) is 1. The molecule has 2 N–H and O–H groups in total. The Bertz CT molecular complexity index is 732. The summed E-state index contributed by atoms with van der Waals surface area (Å²) in [6.45, 7) is 3.11. The maximum atomic E-state index is 12.9. The van der Waals surface area contributed by atoms with Crippen LogP contribution in [-0.2, 0) is 21.2 Å². The maximum Gasteiger partial charge on any atom is 0.311 e. The molecule has 0 amide bonds. The Labute approximate surface area is 141 Å². The summed E-state index contributed by atoms with van der Waals surface area (Å²) in [6.07, 6.45) is 3.74. The van der Waals surface area contributed by atoms with E-state index in [1.807, 2.05) is 18.9 Å². The normalized spacial score (nSPS) is 29.3. The van der Waals surface area contributed by atoms with Gasteiger partial charge in [0.25, 0.3) is 10.0 Å². The Morgan fingerprint density at radius 2 is 2.21 bits per heavy atom. The summed E-state index contributed by atoms with van der Waals surface area (Å²) in [5.41, 5.74) is -0.846. The lowest BCUT2D eigenvalue weighted by atomic mass is 9.69. The average molecular weight is 356 g/mol. The second-order valence-corrected chi connectivity index (χ2v) is 8.63. The predicted molar refractivity (Wildman–Crippen MR) is 87.1 cm³/mol. The molecule has 2 atom stereocenters. The van der Waals surface area contributed by atoms with Gasteiger partial charge in [0.1, 0.15) is 5.82 Å². The number of likely N-dealkylation sites (N-methyl/N-ethyl adjacent to an activating group) is 1. The molecule has 8 nitrogen and oxygen atoms in total. The number of fused-ring (bicyclic) bond motifs is 1. The maximum absolute atomic E-state index is 12.9. The zero-order valence-corrected chi connectivity index (χ0v) is 14.8. The van der Waals surface area contributed by atoms with Crippen LogP contribution in [0.3, 0.4) is 0 Å². The molecule has 2 fully saturated rings. The number of carboxylic acids is 1. The van der Waals surface area contributed by atoms with Crippen LogP contribution in [0.2, 0.25) is 0 Å². The van der Waals surface area contributed by atoms with Gasteiger partial charge in [0.2, 0.25) is 0 Å². The van der Waals surface area contributed by atoms with E-state index in [4.69, 9.17) is 0 Å². The summed E-state index contributed by atoms with van der Waals surface area (Å²) in [5.74, 6) is -0.189. The third kappa shape index (κ3) is 2.64. The molecule has 0 aliphatic carbocycles. The summed E-state index contributed by atoms with van der Waals surface area (Å²) < 4.78 is 27.1. The molecule has 1 aromatic rings. The molecule has 0 radical (unpaired) electrons. The van der Waals surface area contributed by atoms with E-state index in [2.05, 4.69) is 9.97 Å². The van der Waals surface area contributed by atoms with Crippen LogP contribution in [0.4, 0.5) is 0 Å². The van der Waals surface area contributed by atoms with Gasteiger partial charge in [0.05, 0.1) is 11.6 Å². The summed E-state index contributed by atoms with van der Waals surface area (Å²) in [5, 5.41) is 9.86. The predicted octanol–water partition coefficient (Wildman–Crippen LogP) is 0.532. The number of nitrogens with zero attached hydrogens (tertiary/aromatic N) is 3. The van der Waals surface area contributed by atoms with Gasteiger partial charge in [-0.25, -0.2) is 13.4 Å². The van der Waals surface area contributed by atoms with E-state index in [0.29, 0.717) is 25.1 Å². The van der Waals surface area contributed by atoms with Crippen LogP contribution < -0.4 is 0 Å². The van der Waals surface area contributed by atoms with Crippen LogP contribution in [0.1, 0.15) is 32.0 Å². The van der Waals surface area contributed by atoms with E-state index < -0.39 is 21.4 Å². The Morgan fingerprint density at radius 3 is 2.83 bits per heavy atom. The highest BCUT2D eigenvalue weighted by molar-refractivity contribution is 7.89. The van der Waals surface area contributed by atoms with Gasteiger partial charge >= 0.3 is 5.97 Å². The number of rotatable bonds is 4. The number of sulfonamides is 1. The van der Waals surface area contributed by atoms with Gasteiger partial charge in [0, 0.05) is 25.6 Å². The molecule has 0 unspecified atom stereocenters. The van der Waals surface area contributed by atoms with Crippen LogP contribution in [-0.4, -0.2) is 71.4 Å². The quantitative estimate of drug-likeness (QED) is 0.815. The third-order valence-electron chi connectivity index (χ3n) is 5.47. The Hall–Kier alpha value is -1.45. The smallest absolute Gasteiger partial charge is 0.311 e. The number of H-pyrrole nitrogens is 1.